The molecule has 104 valence electrons. The number of nitrogen functional groups attached to an aromatic ring is 1. The van der Waals surface area contributed by atoms with Gasteiger partial charge in [0.25, 0.3) is 0 Å². The quantitative estimate of drug-likeness (QED) is 0.591. The highest BCUT2D eigenvalue weighted by molar-refractivity contribution is 6.33. The third-order valence-corrected chi connectivity index (χ3v) is 3.69. The first-order valence-corrected chi connectivity index (χ1v) is 6.36. The van der Waals surface area contributed by atoms with Crippen molar-refractivity contribution in [2.45, 2.75) is 31.3 Å². The molecule has 0 amide bonds. The zero-order valence-corrected chi connectivity index (χ0v) is 12.0. The minimum absolute atomic E-state index is 0. The van der Waals surface area contributed by atoms with Crippen LogP contribution in [0.3, 0.4) is 0 Å². The van der Waals surface area contributed by atoms with Crippen LogP contribution in [-0.2, 0) is 0 Å². The van der Waals surface area contributed by atoms with E-state index in [1.54, 1.807) is 12.1 Å². The molecule has 2 rings (SSSR count). The summed E-state index contributed by atoms with van der Waals surface area (Å²) < 4.78 is 0. The standard InChI is InChI=1S/C13H16ClN3O.ClH/c1-16-11-6-8(5-10(14)13(11)15)12(7-18)17-9-3-2-4-9;/h5-6,9,12,17-18H,2-4,7,15H2;1H. The molecule has 1 saturated carbocycles. The number of halogens is 2. The Morgan fingerprint density at radius 3 is 2.68 bits per heavy atom. The molecule has 0 radical (unpaired) electrons. The van der Waals surface area contributed by atoms with E-state index in [1.807, 2.05) is 0 Å². The molecule has 1 fully saturated rings. The fourth-order valence-electron chi connectivity index (χ4n) is 2.03. The van der Waals surface area contributed by atoms with Crippen molar-refractivity contribution in [2.24, 2.45) is 0 Å². The van der Waals surface area contributed by atoms with Gasteiger partial charge in [-0.25, -0.2) is 4.85 Å². The molecule has 1 aliphatic carbocycles. The first-order valence-electron chi connectivity index (χ1n) is 5.99. The van der Waals surface area contributed by atoms with Crippen molar-refractivity contribution < 1.29 is 5.11 Å². The van der Waals surface area contributed by atoms with Gasteiger partial charge in [-0.1, -0.05) is 18.0 Å². The van der Waals surface area contributed by atoms with E-state index < -0.39 is 0 Å². The molecule has 6 heteroatoms. The topological polar surface area (TPSA) is 62.6 Å². The van der Waals surface area contributed by atoms with Crippen molar-refractivity contribution in [1.29, 1.82) is 0 Å². The second kappa shape index (κ2) is 6.97. The molecule has 0 bridgehead atoms. The maximum absolute atomic E-state index is 9.46. The highest BCUT2D eigenvalue weighted by Crippen LogP contribution is 2.34. The Morgan fingerprint density at radius 1 is 1.53 bits per heavy atom. The molecule has 1 unspecified atom stereocenters. The number of aliphatic hydroxyl groups excluding tert-OH is 1. The second-order valence-corrected chi connectivity index (χ2v) is 4.98. The van der Waals surface area contributed by atoms with Gasteiger partial charge in [0.2, 0.25) is 5.69 Å². The number of rotatable bonds is 4. The number of benzene rings is 1. The number of aliphatic hydroxyl groups is 1. The maximum atomic E-state index is 9.46. The van der Waals surface area contributed by atoms with Crippen LogP contribution in [-0.4, -0.2) is 17.8 Å². The lowest BCUT2D eigenvalue weighted by molar-refractivity contribution is 0.209. The molecule has 4 N–H and O–H groups in total. The average Bonchev–Trinajstić information content (AvgIpc) is 2.31. The van der Waals surface area contributed by atoms with Crippen LogP contribution in [0.4, 0.5) is 11.4 Å². The minimum atomic E-state index is -0.186. The van der Waals surface area contributed by atoms with Crippen molar-refractivity contribution in [1.82, 2.24) is 5.32 Å². The van der Waals surface area contributed by atoms with Gasteiger partial charge in [-0.05, 0) is 30.5 Å². The number of hydrogen-bond acceptors (Lipinski definition) is 3. The monoisotopic (exact) mass is 301 g/mol. The van der Waals surface area contributed by atoms with E-state index >= 15 is 0 Å². The van der Waals surface area contributed by atoms with Crippen LogP contribution < -0.4 is 11.1 Å². The van der Waals surface area contributed by atoms with Crippen LogP contribution in [0.15, 0.2) is 12.1 Å². The zero-order chi connectivity index (χ0) is 13.1. The van der Waals surface area contributed by atoms with Crippen molar-refractivity contribution in [2.75, 3.05) is 12.3 Å². The Bertz CT molecular complexity index is 484. The summed E-state index contributed by atoms with van der Waals surface area (Å²) in [5.74, 6) is 0. The van der Waals surface area contributed by atoms with Crippen molar-refractivity contribution in [3.63, 3.8) is 0 Å². The van der Waals surface area contributed by atoms with Gasteiger partial charge in [0.1, 0.15) is 0 Å². The fourth-order valence-corrected chi connectivity index (χ4v) is 2.25. The van der Waals surface area contributed by atoms with E-state index in [0.29, 0.717) is 22.4 Å². The summed E-state index contributed by atoms with van der Waals surface area (Å²) in [6.07, 6.45) is 3.50. The first-order chi connectivity index (χ1) is 8.65. The van der Waals surface area contributed by atoms with Crippen LogP contribution in [0.1, 0.15) is 30.9 Å². The predicted octanol–water partition coefficient (Wildman–Crippen LogP) is 3.07. The molecule has 0 aromatic heterocycles. The van der Waals surface area contributed by atoms with Gasteiger partial charge in [-0.15, -0.1) is 12.4 Å². The molecule has 1 aromatic carbocycles. The van der Waals surface area contributed by atoms with Crippen LogP contribution in [0.25, 0.3) is 4.85 Å². The van der Waals surface area contributed by atoms with Crippen LogP contribution >= 0.6 is 24.0 Å². The Balaban J connectivity index is 0.00000180. The Labute approximate surface area is 124 Å². The molecule has 0 spiro atoms. The highest BCUT2D eigenvalue weighted by Gasteiger charge is 2.22. The Hall–Kier alpha value is -0.990. The number of nitrogens with zero attached hydrogens (tertiary/aromatic N) is 1. The summed E-state index contributed by atoms with van der Waals surface area (Å²) >= 11 is 6.01. The molecule has 1 aliphatic rings. The summed E-state index contributed by atoms with van der Waals surface area (Å²) in [7, 11) is 0. The summed E-state index contributed by atoms with van der Waals surface area (Å²) in [4.78, 5) is 3.35. The van der Waals surface area contributed by atoms with Crippen molar-refractivity contribution in [3.05, 3.63) is 34.1 Å². The van der Waals surface area contributed by atoms with E-state index in [0.717, 1.165) is 18.4 Å². The molecule has 0 aliphatic heterocycles. The molecule has 1 aromatic rings. The maximum Gasteiger partial charge on any atom is 0.211 e. The second-order valence-electron chi connectivity index (χ2n) is 4.58. The largest absolute Gasteiger partial charge is 0.406 e. The third-order valence-electron chi connectivity index (χ3n) is 3.38. The summed E-state index contributed by atoms with van der Waals surface area (Å²) in [6, 6.07) is 3.68. The normalized spacial score (nSPS) is 16.1. The van der Waals surface area contributed by atoms with Gasteiger partial charge in [0.05, 0.1) is 29.9 Å². The lowest BCUT2D eigenvalue weighted by Gasteiger charge is -2.31. The van der Waals surface area contributed by atoms with Gasteiger partial charge < -0.3 is 16.2 Å². The predicted molar refractivity (Wildman–Crippen MR) is 80.0 cm³/mol. The van der Waals surface area contributed by atoms with Crippen molar-refractivity contribution >= 4 is 35.4 Å². The molecule has 4 nitrogen and oxygen atoms in total. The van der Waals surface area contributed by atoms with Gasteiger partial charge in [-0.3, -0.25) is 0 Å². The van der Waals surface area contributed by atoms with Gasteiger partial charge in [0.15, 0.2) is 0 Å². The molecule has 0 heterocycles. The van der Waals surface area contributed by atoms with Crippen molar-refractivity contribution in [3.8, 4) is 0 Å². The average molecular weight is 302 g/mol. The Kier molecular flexibility index (Phi) is 5.89. The van der Waals surface area contributed by atoms with E-state index in [1.165, 1.54) is 6.42 Å². The Morgan fingerprint density at radius 2 is 2.21 bits per heavy atom. The smallest absolute Gasteiger partial charge is 0.211 e. The summed E-state index contributed by atoms with van der Waals surface area (Å²) in [5.41, 5.74) is 7.17. The van der Waals surface area contributed by atoms with E-state index in [4.69, 9.17) is 23.9 Å². The lowest BCUT2D eigenvalue weighted by Crippen LogP contribution is -2.39. The number of hydrogen-bond donors (Lipinski definition) is 3. The molecule has 19 heavy (non-hydrogen) atoms. The van der Waals surface area contributed by atoms with Crippen LogP contribution in [0.2, 0.25) is 5.02 Å². The SMILES string of the molecule is Cl.[C-]#[N+]c1cc(C(CO)NC2CCC2)cc(Cl)c1N. The van der Waals surface area contributed by atoms with E-state index in [-0.39, 0.29) is 25.1 Å². The van der Waals surface area contributed by atoms with E-state index in [2.05, 4.69) is 10.2 Å². The lowest BCUT2D eigenvalue weighted by atomic mass is 9.91. The third kappa shape index (κ3) is 3.52. The van der Waals surface area contributed by atoms with Gasteiger partial charge in [0, 0.05) is 6.04 Å². The number of nitrogens with one attached hydrogen (secondary N) is 1. The highest BCUT2D eigenvalue weighted by atomic mass is 35.5. The summed E-state index contributed by atoms with van der Waals surface area (Å²) in [6.45, 7) is 7.05. The first kappa shape index (κ1) is 16.1. The minimum Gasteiger partial charge on any atom is -0.406 e. The molecule has 1 atom stereocenters. The molecular weight excluding hydrogens is 285 g/mol. The number of anilines is 1. The summed E-state index contributed by atoms with van der Waals surface area (Å²) in [5, 5.41) is 13.2. The van der Waals surface area contributed by atoms with Crippen LogP contribution in [0.5, 0.6) is 0 Å². The zero-order valence-electron chi connectivity index (χ0n) is 10.4. The molecular formula is C13H17Cl2N3O. The number of nitrogens with two attached hydrogens (primary N) is 1. The fraction of sp³-hybridized carbons (Fsp3) is 0.462. The van der Waals surface area contributed by atoms with Gasteiger partial charge in [-0.2, -0.15) is 0 Å². The van der Waals surface area contributed by atoms with Gasteiger partial charge >= 0.3 is 0 Å². The van der Waals surface area contributed by atoms with E-state index in [9.17, 15) is 5.11 Å². The molecule has 0 saturated heterocycles. The van der Waals surface area contributed by atoms with Crippen LogP contribution in [0, 0.1) is 6.57 Å².